The number of anilines is 3. The lowest BCUT2D eigenvalue weighted by Crippen LogP contribution is -2.16. The molecule has 0 N–H and O–H groups in total. The number of hydrogen-bond acceptors (Lipinski definition) is 3. The van der Waals surface area contributed by atoms with Crippen LogP contribution in [-0.2, 0) is 5.41 Å². The number of hydrogen-bond donors (Lipinski definition) is 0. The monoisotopic (exact) mass is 682 g/mol. The highest BCUT2D eigenvalue weighted by Crippen LogP contribution is 2.54. The van der Waals surface area contributed by atoms with Gasteiger partial charge in [0.25, 0.3) is 0 Å². The minimum atomic E-state index is -0.125. The van der Waals surface area contributed by atoms with Gasteiger partial charge in [-0.15, -0.1) is 0 Å². The minimum absolute atomic E-state index is 0.125. The van der Waals surface area contributed by atoms with Crippen molar-refractivity contribution < 1.29 is 4.42 Å². The van der Waals surface area contributed by atoms with Crippen molar-refractivity contribution in [2.24, 2.45) is 0 Å². The van der Waals surface area contributed by atoms with Crippen LogP contribution in [0.15, 0.2) is 174 Å². The maximum Gasteiger partial charge on any atom is 0.232 e. The Bertz CT molecular complexity index is 3040. The molecular weight excluding hydrogens is 649 g/mol. The molecule has 0 bridgehead atoms. The molecule has 0 atom stereocenters. The molecule has 252 valence electrons. The van der Waals surface area contributed by atoms with Crippen LogP contribution >= 0.6 is 0 Å². The molecule has 0 saturated heterocycles. The second-order valence-corrected chi connectivity index (χ2v) is 14.5. The SMILES string of the molecule is CC1(C)c2ccccc2-c2c(N(c3cccc(-c4ccccc4)c3)c3ccc4c(c3)nc3n(-c5ccccc5)c5oc6ccccc6c5n43)cccc21. The van der Waals surface area contributed by atoms with E-state index in [9.17, 15) is 0 Å². The van der Waals surface area contributed by atoms with Crippen molar-refractivity contribution in [3.05, 3.63) is 181 Å². The second-order valence-electron chi connectivity index (χ2n) is 14.5. The lowest BCUT2D eigenvalue weighted by Gasteiger charge is -2.29. The summed E-state index contributed by atoms with van der Waals surface area (Å²) in [6, 6.07) is 60.5. The van der Waals surface area contributed by atoms with E-state index in [1.807, 2.05) is 18.2 Å². The summed E-state index contributed by atoms with van der Waals surface area (Å²) in [7, 11) is 0. The summed E-state index contributed by atoms with van der Waals surface area (Å²) < 4.78 is 10.9. The van der Waals surface area contributed by atoms with Gasteiger partial charge in [-0.3, -0.25) is 4.40 Å². The first-order chi connectivity index (χ1) is 26.1. The van der Waals surface area contributed by atoms with E-state index < -0.39 is 0 Å². The Morgan fingerprint density at radius 1 is 0.604 bits per heavy atom. The molecule has 10 aromatic rings. The fourth-order valence-electron chi connectivity index (χ4n) is 8.66. The molecule has 0 saturated carbocycles. The van der Waals surface area contributed by atoms with E-state index in [0.29, 0.717) is 0 Å². The Morgan fingerprint density at radius 3 is 2.17 bits per heavy atom. The number of benzene rings is 7. The zero-order valence-electron chi connectivity index (χ0n) is 29.4. The minimum Gasteiger partial charge on any atom is -0.437 e. The van der Waals surface area contributed by atoms with Crippen LogP contribution in [0.1, 0.15) is 25.0 Å². The van der Waals surface area contributed by atoms with Gasteiger partial charge in [-0.05, 0) is 88.5 Å². The van der Waals surface area contributed by atoms with Gasteiger partial charge in [0.15, 0.2) is 0 Å². The van der Waals surface area contributed by atoms with Gasteiger partial charge in [0.05, 0.1) is 22.4 Å². The highest BCUT2D eigenvalue weighted by molar-refractivity contribution is 6.07. The quantitative estimate of drug-likeness (QED) is 0.181. The number of fused-ring (bicyclic) bond motifs is 10. The Hall–Kier alpha value is -6.85. The molecule has 53 heavy (non-hydrogen) atoms. The molecule has 1 aliphatic rings. The lowest BCUT2D eigenvalue weighted by atomic mass is 9.82. The van der Waals surface area contributed by atoms with Gasteiger partial charge in [0.1, 0.15) is 11.1 Å². The zero-order valence-corrected chi connectivity index (χ0v) is 29.4. The summed E-state index contributed by atoms with van der Waals surface area (Å²) >= 11 is 0. The van der Waals surface area contributed by atoms with Gasteiger partial charge in [-0.1, -0.05) is 123 Å². The van der Waals surface area contributed by atoms with Crippen molar-refractivity contribution in [3.63, 3.8) is 0 Å². The Kier molecular flexibility index (Phi) is 6.23. The first-order valence-electron chi connectivity index (χ1n) is 18.1. The molecule has 0 aliphatic heterocycles. The summed E-state index contributed by atoms with van der Waals surface area (Å²) in [5.41, 5.74) is 16.3. The molecule has 0 spiro atoms. The summed E-state index contributed by atoms with van der Waals surface area (Å²) in [6.45, 7) is 4.68. The van der Waals surface area contributed by atoms with Gasteiger partial charge in [0, 0.05) is 27.7 Å². The fraction of sp³-hybridized carbons (Fsp3) is 0.0625. The van der Waals surface area contributed by atoms with Crippen molar-refractivity contribution in [1.82, 2.24) is 14.0 Å². The van der Waals surface area contributed by atoms with E-state index in [4.69, 9.17) is 9.40 Å². The zero-order chi connectivity index (χ0) is 35.3. The fourth-order valence-corrected chi connectivity index (χ4v) is 8.66. The van der Waals surface area contributed by atoms with Crippen molar-refractivity contribution in [2.45, 2.75) is 19.3 Å². The van der Waals surface area contributed by atoms with Gasteiger partial charge in [-0.2, -0.15) is 0 Å². The van der Waals surface area contributed by atoms with Crippen LogP contribution in [0, 0.1) is 0 Å². The Labute approximate surface area is 306 Å². The maximum absolute atomic E-state index is 6.54. The van der Waals surface area contributed by atoms with Crippen molar-refractivity contribution in [2.75, 3.05) is 4.90 Å². The van der Waals surface area contributed by atoms with Gasteiger partial charge >= 0.3 is 0 Å². The van der Waals surface area contributed by atoms with E-state index in [0.717, 1.165) is 61.8 Å². The molecule has 3 heterocycles. The number of nitrogens with zero attached hydrogens (tertiary/aromatic N) is 4. The predicted octanol–water partition coefficient (Wildman–Crippen LogP) is 12.6. The standard InChI is InChI=1S/C48H34N4O/c1-48(2)38-23-11-9-21-36(38)44-39(48)24-14-25-42(44)50(34-20-13-17-32(29-34)31-15-5-3-6-16-31)35-27-28-41-40(30-35)49-47-51(33-18-7-4-8-19-33)46-45(52(41)47)37-22-10-12-26-43(37)53-46/h3-30H,1-2H3. The topological polar surface area (TPSA) is 38.6 Å². The molecule has 11 rings (SSSR count). The molecular formula is C48H34N4O. The van der Waals surface area contributed by atoms with Gasteiger partial charge < -0.3 is 9.32 Å². The van der Waals surface area contributed by atoms with Crippen LogP contribution in [0.4, 0.5) is 17.1 Å². The average molecular weight is 683 g/mol. The summed E-state index contributed by atoms with van der Waals surface area (Å²) in [5, 5.41) is 1.06. The molecule has 0 amide bonds. The molecule has 1 aliphatic carbocycles. The van der Waals surface area contributed by atoms with Crippen LogP contribution in [0.2, 0.25) is 0 Å². The van der Waals surface area contributed by atoms with Crippen molar-refractivity contribution >= 4 is 56.1 Å². The molecule has 3 aromatic heterocycles. The molecule has 5 heteroatoms. The maximum atomic E-state index is 6.54. The third kappa shape index (κ3) is 4.28. The van der Waals surface area contributed by atoms with Gasteiger partial charge in [-0.25, -0.2) is 9.55 Å². The predicted molar refractivity (Wildman–Crippen MR) is 217 cm³/mol. The van der Waals surface area contributed by atoms with Crippen LogP contribution in [0.5, 0.6) is 0 Å². The summed E-state index contributed by atoms with van der Waals surface area (Å²) in [4.78, 5) is 7.79. The molecule has 5 nitrogen and oxygen atoms in total. The highest BCUT2D eigenvalue weighted by Gasteiger charge is 2.37. The van der Waals surface area contributed by atoms with E-state index in [1.165, 1.54) is 33.4 Å². The number of furan rings is 1. The third-order valence-electron chi connectivity index (χ3n) is 11.1. The van der Waals surface area contributed by atoms with Crippen molar-refractivity contribution in [3.8, 4) is 27.9 Å². The Balaban J connectivity index is 1.19. The van der Waals surface area contributed by atoms with Crippen LogP contribution in [-0.4, -0.2) is 14.0 Å². The highest BCUT2D eigenvalue weighted by atomic mass is 16.3. The Morgan fingerprint density at radius 2 is 1.30 bits per heavy atom. The molecule has 0 radical (unpaired) electrons. The first kappa shape index (κ1) is 29.8. The molecule has 0 fully saturated rings. The van der Waals surface area contributed by atoms with Gasteiger partial charge in [0.2, 0.25) is 11.5 Å². The lowest BCUT2D eigenvalue weighted by molar-refractivity contribution is 0.645. The second kappa shape index (κ2) is 11.1. The van der Waals surface area contributed by atoms with Crippen LogP contribution in [0.25, 0.3) is 67.0 Å². The van der Waals surface area contributed by atoms with E-state index in [1.54, 1.807) is 0 Å². The normalized spacial score (nSPS) is 13.2. The smallest absolute Gasteiger partial charge is 0.232 e. The molecule has 7 aromatic carbocycles. The number of aromatic nitrogens is 3. The first-order valence-corrected chi connectivity index (χ1v) is 18.1. The van der Waals surface area contributed by atoms with Crippen LogP contribution in [0.3, 0.4) is 0 Å². The van der Waals surface area contributed by atoms with E-state index in [2.05, 4.69) is 179 Å². The van der Waals surface area contributed by atoms with Crippen LogP contribution < -0.4 is 4.90 Å². The summed E-state index contributed by atoms with van der Waals surface area (Å²) in [6.07, 6.45) is 0. The largest absolute Gasteiger partial charge is 0.437 e. The summed E-state index contributed by atoms with van der Waals surface area (Å²) in [5.74, 6) is 0.816. The number of rotatable bonds is 5. The van der Waals surface area contributed by atoms with E-state index >= 15 is 0 Å². The number of imidazole rings is 2. The third-order valence-corrected chi connectivity index (χ3v) is 11.1. The van der Waals surface area contributed by atoms with E-state index in [-0.39, 0.29) is 5.41 Å². The van der Waals surface area contributed by atoms with Crippen molar-refractivity contribution in [1.29, 1.82) is 0 Å². The number of para-hydroxylation sites is 2. The molecule has 0 unspecified atom stereocenters. The average Bonchev–Trinajstić information content (AvgIpc) is 3.91.